The zero-order valence-corrected chi connectivity index (χ0v) is 19.1. The van der Waals surface area contributed by atoms with Crippen molar-refractivity contribution in [3.8, 4) is 11.3 Å². The van der Waals surface area contributed by atoms with E-state index < -0.39 is 66.7 Å². The summed E-state index contributed by atoms with van der Waals surface area (Å²) in [5.41, 5.74) is -0.570. The lowest BCUT2D eigenvalue weighted by atomic mass is 9.90. The minimum atomic E-state index is -1.64. The quantitative estimate of drug-likeness (QED) is 0.343. The maximum atomic E-state index is 14.3. The highest BCUT2D eigenvalue weighted by atomic mass is 19.2. The monoisotopic (exact) mass is 512 g/mol. The van der Waals surface area contributed by atoms with E-state index in [4.69, 9.17) is 9.47 Å². The summed E-state index contributed by atoms with van der Waals surface area (Å²) in [6, 6.07) is 0.854. The summed E-state index contributed by atoms with van der Waals surface area (Å²) >= 11 is 0. The highest BCUT2D eigenvalue weighted by molar-refractivity contribution is 5.58. The molecule has 1 saturated carbocycles. The van der Waals surface area contributed by atoms with Gasteiger partial charge in [-0.05, 0) is 25.0 Å². The van der Waals surface area contributed by atoms with Crippen molar-refractivity contribution in [3.63, 3.8) is 0 Å². The van der Waals surface area contributed by atoms with Crippen LogP contribution in [0.3, 0.4) is 0 Å². The Bertz CT molecular complexity index is 1240. The van der Waals surface area contributed by atoms with Crippen LogP contribution in [0.2, 0.25) is 0 Å². The summed E-state index contributed by atoms with van der Waals surface area (Å²) in [5, 5.41) is 36.7. The first kappa shape index (κ1) is 24.7. The number of benzene rings is 1. The molecule has 2 fully saturated rings. The first-order chi connectivity index (χ1) is 17.3. The van der Waals surface area contributed by atoms with Crippen molar-refractivity contribution >= 4 is 0 Å². The number of aromatic nitrogens is 6. The van der Waals surface area contributed by atoms with Crippen LogP contribution < -0.4 is 0 Å². The molecule has 2 aliphatic rings. The molecule has 5 rings (SSSR count). The summed E-state index contributed by atoms with van der Waals surface area (Å²) in [6.45, 7) is -1.08. The molecule has 1 aromatic carbocycles. The molecule has 0 unspecified atom stereocenters. The topological polar surface area (TPSA) is 120 Å². The van der Waals surface area contributed by atoms with E-state index >= 15 is 0 Å². The Kier molecular flexibility index (Phi) is 6.53. The number of aliphatic hydroxyl groups is 2. The third-order valence-corrected chi connectivity index (χ3v) is 6.88. The van der Waals surface area contributed by atoms with Gasteiger partial charge in [0.1, 0.15) is 36.7 Å². The van der Waals surface area contributed by atoms with Gasteiger partial charge in [0.2, 0.25) is 0 Å². The number of ether oxygens (including phenoxy) is 2. The maximum absolute atomic E-state index is 14.3. The standard InChI is InChI=1S/C22H24F4N6O4/c1-35-21-15(6-11-7-32(30-27-11)22(10-23)4-5-22)36-16(9-33)20(34)19(21)31-8-14(28-29-31)12-2-3-13(24)18(26)17(12)25/h2-3,7-8,15-16,19-21,33-34H,4-6,9-10H2,1H3/t15-,16-,19+,20+,21+/m1/s1. The van der Waals surface area contributed by atoms with Gasteiger partial charge in [0.15, 0.2) is 17.5 Å². The van der Waals surface area contributed by atoms with Crippen LogP contribution in [0.25, 0.3) is 11.3 Å². The van der Waals surface area contributed by atoms with Crippen LogP contribution in [-0.2, 0) is 21.4 Å². The van der Waals surface area contributed by atoms with Gasteiger partial charge in [-0.15, -0.1) is 10.2 Å². The van der Waals surface area contributed by atoms with Gasteiger partial charge >= 0.3 is 0 Å². The fraction of sp³-hybridized carbons (Fsp3) is 0.545. The number of hydrogen-bond acceptors (Lipinski definition) is 8. The van der Waals surface area contributed by atoms with Gasteiger partial charge < -0.3 is 19.7 Å². The largest absolute Gasteiger partial charge is 0.394 e. The zero-order chi connectivity index (χ0) is 25.6. The van der Waals surface area contributed by atoms with Gasteiger partial charge in [-0.2, -0.15) is 0 Å². The smallest absolute Gasteiger partial charge is 0.195 e. The summed E-state index contributed by atoms with van der Waals surface area (Å²) in [4.78, 5) is 0. The van der Waals surface area contributed by atoms with Crippen molar-refractivity contribution in [2.24, 2.45) is 0 Å². The number of nitrogens with zero attached hydrogens (tertiary/aromatic N) is 6. The molecule has 1 aliphatic carbocycles. The van der Waals surface area contributed by atoms with Gasteiger partial charge in [0.25, 0.3) is 0 Å². The Labute approximate surface area is 202 Å². The van der Waals surface area contributed by atoms with Crippen molar-refractivity contribution in [1.82, 2.24) is 30.0 Å². The van der Waals surface area contributed by atoms with Crippen LogP contribution in [0, 0.1) is 17.5 Å². The van der Waals surface area contributed by atoms with Crippen molar-refractivity contribution in [3.05, 3.63) is 47.7 Å². The highest BCUT2D eigenvalue weighted by Gasteiger charge is 2.48. The second-order valence-electron chi connectivity index (χ2n) is 9.10. The summed E-state index contributed by atoms with van der Waals surface area (Å²) in [5.74, 6) is -4.40. The van der Waals surface area contributed by atoms with Crippen molar-refractivity contribution < 1.29 is 37.2 Å². The van der Waals surface area contributed by atoms with Gasteiger partial charge in [0.05, 0.1) is 30.1 Å². The second-order valence-corrected chi connectivity index (χ2v) is 9.10. The molecule has 194 valence electrons. The molecule has 10 nitrogen and oxygen atoms in total. The minimum absolute atomic E-state index is 0.0964. The lowest BCUT2D eigenvalue weighted by Gasteiger charge is -2.43. The number of halogens is 4. The molecule has 0 spiro atoms. The van der Waals surface area contributed by atoms with E-state index in [0.29, 0.717) is 18.5 Å². The molecule has 0 amide bonds. The van der Waals surface area contributed by atoms with Crippen LogP contribution in [0.1, 0.15) is 24.6 Å². The third-order valence-electron chi connectivity index (χ3n) is 6.88. The summed E-state index contributed by atoms with van der Waals surface area (Å²) in [7, 11) is 1.39. The van der Waals surface area contributed by atoms with Crippen molar-refractivity contribution in [1.29, 1.82) is 0 Å². The fourth-order valence-electron chi connectivity index (χ4n) is 4.60. The maximum Gasteiger partial charge on any atom is 0.195 e. The molecule has 3 aromatic rings. The number of hydrogen-bond donors (Lipinski definition) is 2. The van der Waals surface area contributed by atoms with E-state index in [0.717, 1.165) is 12.1 Å². The predicted octanol–water partition coefficient (Wildman–Crippen LogP) is 1.33. The molecule has 14 heteroatoms. The molecule has 36 heavy (non-hydrogen) atoms. The number of methoxy groups -OCH3 is 1. The average Bonchev–Trinajstić information content (AvgIpc) is 3.28. The molecule has 1 saturated heterocycles. The summed E-state index contributed by atoms with van der Waals surface area (Å²) in [6.07, 6.45) is 0.484. The first-order valence-electron chi connectivity index (χ1n) is 11.3. The molecule has 0 radical (unpaired) electrons. The normalized spacial score (nSPS) is 27.4. The lowest BCUT2D eigenvalue weighted by Crippen LogP contribution is -2.57. The number of alkyl halides is 1. The SMILES string of the molecule is CO[C@@H]1[C@@H](n2cc(-c3ccc(F)c(F)c3F)nn2)[C@@H](O)[C@@H](CO)O[C@@H]1Cc1cn(C2(CF)CC2)nn1. The Morgan fingerprint density at radius 1 is 1.11 bits per heavy atom. The lowest BCUT2D eigenvalue weighted by molar-refractivity contribution is -0.212. The Morgan fingerprint density at radius 2 is 1.89 bits per heavy atom. The van der Waals surface area contributed by atoms with E-state index in [1.54, 1.807) is 6.20 Å². The van der Waals surface area contributed by atoms with Gasteiger partial charge in [-0.3, -0.25) is 0 Å². The molecule has 5 atom stereocenters. The number of aliphatic hydroxyl groups excluding tert-OH is 2. The summed E-state index contributed by atoms with van der Waals surface area (Å²) < 4.78 is 69.0. The Hall–Kier alpha value is -2.94. The molecular formula is C22H24F4N6O4. The van der Waals surface area contributed by atoms with E-state index in [1.807, 2.05) is 0 Å². The fourth-order valence-corrected chi connectivity index (χ4v) is 4.60. The molecular weight excluding hydrogens is 488 g/mol. The van der Waals surface area contributed by atoms with Gasteiger partial charge in [-0.1, -0.05) is 10.4 Å². The van der Waals surface area contributed by atoms with E-state index in [2.05, 4.69) is 20.6 Å². The molecule has 0 bridgehead atoms. The van der Waals surface area contributed by atoms with E-state index in [9.17, 15) is 27.8 Å². The highest BCUT2D eigenvalue weighted by Crippen LogP contribution is 2.43. The van der Waals surface area contributed by atoms with Gasteiger partial charge in [0, 0.05) is 25.3 Å². The van der Waals surface area contributed by atoms with Gasteiger partial charge in [-0.25, -0.2) is 26.9 Å². The molecule has 2 N–H and O–H groups in total. The van der Waals surface area contributed by atoms with Crippen LogP contribution in [0.4, 0.5) is 17.6 Å². The van der Waals surface area contributed by atoms with Crippen LogP contribution in [0.5, 0.6) is 0 Å². The van der Waals surface area contributed by atoms with Crippen molar-refractivity contribution in [2.75, 3.05) is 20.4 Å². The molecule has 3 heterocycles. The van der Waals surface area contributed by atoms with Crippen LogP contribution >= 0.6 is 0 Å². The predicted molar refractivity (Wildman–Crippen MR) is 114 cm³/mol. The Balaban J connectivity index is 1.43. The Morgan fingerprint density at radius 3 is 2.56 bits per heavy atom. The first-order valence-corrected chi connectivity index (χ1v) is 11.3. The molecule has 1 aliphatic heterocycles. The van der Waals surface area contributed by atoms with Crippen LogP contribution in [0.15, 0.2) is 24.5 Å². The zero-order valence-electron chi connectivity index (χ0n) is 19.1. The molecule has 2 aromatic heterocycles. The second kappa shape index (κ2) is 9.50. The number of rotatable bonds is 8. The third kappa shape index (κ3) is 4.17. The minimum Gasteiger partial charge on any atom is -0.394 e. The van der Waals surface area contributed by atoms with E-state index in [1.165, 1.54) is 22.7 Å². The van der Waals surface area contributed by atoms with Crippen molar-refractivity contribution in [2.45, 2.75) is 55.3 Å². The van der Waals surface area contributed by atoms with Crippen LogP contribution in [-0.4, -0.2) is 85.0 Å². The average molecular weight is 512 g/mol. The van der Waals surface area contributed by atoms with E-state index in [-0.39, 0.29) is 17.7 Å².